The Morgan fingerprint density at radius 2 is 2.00 bits per heavy atom. The van der Waals surface area contributed by atoms with Gasteiger partial charge >= 0.3 is 0 Å². The third-order valence-corrected chi connectivity index (χ3v) is 3.35. The van der Waals surface area contributed by atoms with Crippen LogP contribution in [0.2, 0.25) is 0 Å². The molecule has 2 atom stereocenters. The fourth-order valence-electron chi connectivity index (χ4n) is 2.26. The molecule has 1 aliphatic heterocycles. The van der Waals surface area contributed by atoms with Crippen LogP contribution in [0.5, 0.6) is 5.75 Å². The molecule has 1 aliphatic rings. The molecule has 0 spiro atoms. The Hall–Kier alpha value is -1.57. The van der Waals surface area contributed by atoms with Crippen LogP contribution >= 0.6 is 0 Å². The van der Waals surface area contributed by atoms with E-state index in [1.165, 1.54) is 12.1 Å². The van der Waals surface area contributed by atoms with Crippen molar-refractivity contribution in [2.75, 3.05) is 13.2 Å². The number of hydrogen-bond acceptors (Lipinski definition) is 3. The van der Waals surface area contributed by atoms with E-state index in [0.29, 0.717) is 18.8 Å². The smallest absolute Gasteiger partial charge is 0.123 e. The van der Waals surface area contributed by atoms with Crippen molar-refractivity contribution in [3.05, 3.63) is 30.1 Å². The van der Waals surface area contributed by atoms with Crippen LogP contribution in [0.25, 0.3) is 0 Å². The molecule has 0 radical (unpaired) electrons. The Bertz CT molecular complexity index is 475. The second-order valence-corrected chi connectivity index (χ2v) is 5.09. The summed E-state index contributed by atoms with van der Waals surface area (Å²) in [6.07, 6.45) is 4.45. The molecule has 1 N–H and O–H groups in total. The lowest BCUT2D eigenvalue weighted by atomic mass is 10.1. The van der Waals surface area contributed by atoms with Crippen LogP contribution < -0.4 is 4.74 Å². The molecule has 1 aromatic carbocycles. The molecule has 1 aromatic rings. The van der Waals surface area contributed by atoms with Crippen molar-refractivity contribution < 1.29 is 19.0 Å². The number of rotatable bonds is 4. The van der Waals surface area contributed by atoms with E-state index in [1.54, 1.807) is 12.1 Å². The fourth-order valence-corrected chi connectivity index (χ4v) is 2.26. The van der Waals surface area contributed by atoms with E-state index in [0.717, 1.165) is 25.7 Å². The van der Waals surface area contributed by atoms with E-state index in [1.807, 2.05) is 0 Å². The van der Waals surface area contributed by atoms with E-state index in [-0.39, 0.29) is 24.6 Å². The van der Waals surface area contributed by atoms with Gasteiger partial charge in [0, 0.05) is 6.42 Å². The number of halogens is 1. The largest absolute Gasteiger partial charge is 0.491 e. The lowest BCUT2D eigenvalue weighted by molar-refractivity contribution is -0.00472. The van der Waals surface area contributed by atoms with Crippen LogP contribution in [0.4, 0.5) is 4.39 Å². The average Bonchev–Trinajstić information content (AvgIpc) is 2.72. The molecule has 3 nitrogen and oxygen atoms in total. The van der Waals surface area contributed by atoms with Gasteiger partial charge in [-0.1, -0.05) is 18.3 Å². The van der Waals surface area contributed by atoms with E-state index in [9.17, 15) is 4.39 Å². The minimum Gasteiger partial charge on any atom is -0.491 e. The van der Waals surface area contributed by atoms with Gasteiger partial charge in [-0.25, -0.2) is 4.39 Å². The van der Waals surface area contributed by atoms with Crippen molar-refractivity contribution in [2.24, 2.45) is 0 Å². The first-order valence-corrected chi connectivity index (χ1v) is 7.41. The molecule has 0 aliphatic carbocycles. The number of ether oxygens (including phenoxy) is 2. The van der Waals surface area contributed by atoms with E-state index < -0.39 is 0 Å². The molecule has 0 bridgehead atoms. The molecule has 114 valence electrons. The van der Waals surface area contributed by atoms with Crippen molar-refractivity contribution in [1.29, 1.82) is 0 Å². The van der Waals surface area contributed by atoms with E-state index in [2.05, 4.69) is 11.8 Å². The lowest BCUT2D eigenvalue weighted by Crippen LogP contribution is -2.25. The van der Waals surface area contributed by atoms with Crippen LogP contribution in [-0.4, -0.2) is 30.5 Å². The zero-order valence-electron chi connectivity index (χ0n) is 12.1. The normalized spacial score (nSPS) is 22.0. The predicted molar refractivity (Wildman–Crippen MR) is 78.5 cm³/mol. The maximum atomic E-state index is 12.8. The van der Waals surface area contributed by atoms with Gasteiger partial charge in [0.15, 0.2) is 0 Å². The summed E-state index contributed by atoms with van der Waals surface area (Å²) in [5.74, 6) is 6.36. The fraction of sp³-hybridized carbons (Fsp3) is 0.529. The van der Waals surface area contributed by atoms with Gasteiger partial charge in [-0.15, -0.1) is 0 Å². The number of aliphatic hydroxyl groups is 1. The summed E-state index contributed by atoms with van der Waals surface area (Å²) in [4.78, 5) is 0. The molecule has 0 amide bonds. The average molecular weight is 292 g/mol. The van der Waals surface area contributed by atoms with E-state index >= 15 is 0 Å². The predicted octanol–water partition coefficient (Wildman–Crippen LogP) is 2.92. The molecular formula is C17H21FO3. The maximum Gasteiger partial charge on any atom is 0.123 e. The number of benzene rings is 1. The minimum absolute atomic E-state index is 0.00554. The van der Waals surface area contributed by atoms with Gasteiger partial charge in [-0.3, -0.25) is 0 Å². The van der Waals surface area contributed by atoms with Crippen LogP contribution in [0.15, 0.2) is 24.3 Å². The van der Waals surface area contributed by atoms with Gasteiger partial charge in [0.05, 0.1) is 12.7 Å². The van der Waals surface area contributed by atoms with Gasteiger partial charge < -0.3 is 14.6 Å². The first-order chi connectivity index (χ1) is 10.3. The van der Waals surface area contributed by atoms with Gasteiger partial charge in [-0.2, -0.15) is 0 Å². The molecule has 21 heavy (non-hydrogen) atoms. The SMILES string of the molecule is OCCC#CC1CCCCC(COc2ccc(F)cc2)O1. The first kappa shape index (κ1) is 15.8. The van der Waals surface area contributed by atoms with Crippen molar-refractivity contribution >= 4 is 0 Å². The molecular weight excluding hydrogens is 271 g/mol. The van der Waals surface area contributed by atoms with Crippen LogP contribution in [0, 0.1) is 17.7 Å². The Kier molecular flexibility index (Phi) is 6.52. The van der Waals surface area contributed by atoms with Gasteiger partial charge in [0.2, 0.25) is 0 Å². The Morgan fingerprint density at radius 3 is 2.76 bits per heavy atom. The number of hydrogen-bond donors (Lipinski definition) is 1. The van der Waals surface area contributed by atoms with Crippen molar-refractivity contribution in [3.8, 4) is 17.6 Å². The Balaban J connectivity index is 1.84. The third kappa shape index (κ3) is 5.74. The second-order valence-electron chi connectivity index (χ2n) is 5.09. The number of aliphatic hydroxyl groups excluding tert-OH is 1. The summed E-state index contributed by atoms with van der Waals surface area (Å²) in [6, 6.07) is 5.99. The topological polar surface area (TPSA) is 38.7 Å². The van der Waals surface area contributed by atoms with Crippen LogP contribution in [-0.2, 0) is 4.74 Å². The highest BCUT2D eigenvalue weighted by Crippen LogP contribution is 2.20. The minimum atomic E-state index is -0.271. The highest BCUT2D eigenvalue weighted by Gasteiger charge is 2.19. The lowest BCUT2D eigenvalue weighted by Gasteiger charge is -2.18. The molecule has 2 unspecified atom stereocenters. The Morgan fingerprint density at radius 1 is 1.24 bits per heavy atom. The summed E-state index contributed by atoms with van der Waals surface area (Å²) in [6.45, 7) is 0.528. The van der Waals surface area contributed by atoms with Crippen molar-refractivity contribution in [3.63, 3.8) is 0 Å². The molecule has 0 saturated carbocycles. The quantitative estimate of drug-likeness (QED) is 0.867. The van der Waals surface area contributed by atoms with Gasteiger partial charge in [-0.05, 0) is 43.5 Å². The zero-order chi connectivity index (χ0) is 14.9. The van der Waals surface area contributed by atoms with Crippen LogP contribution in [0.1, 0.15) is 32.1 Å². The Labute approximate surface area is 125 Å². The monoisotopic (exact) mass is 292 g/mol. The molecule has 2 rings (SSSR count). The molecule has 1 fully saturated rings. The summed E-state index contributed by atoms with van der Waals surface area (Å²) >= 11 is 0. The van der Waals surface area contributed by atoms with Crippen LogP contribution in [0.3, 0.4) is 0 Å². The van der Waals surface area contributed by atoms with Gasteiger partial charge in [0.25, 0.3) is 0 Å². The second kappa shape index (κ2) is 8.66. The molecule has 0 aromatic heterocycles. The van der Waals surface area contributed by atoms with Gasteiger partial charge in [0.1, 0.15) is 24.3 Å². The highest BCUT2D eigenvalue weighted by atomic mass is 19.1. The molecule has 1 saturated heterocycles. The molecule has 4 heteroatoms. The zero-order valence-corrected chi connectivity index (χ0v) is 12.1. The summed E-state index contributed by atoms with van der Waals surface area (Å²) in [7, 11) is 0. The standard InChI is InChI=1S/C17H21FO3/c18-14-8-10-15(11-9-14)20-13-17-7-2-1-5-16(21-17)6-3-4-12-19/h8-11,16-17,19H,1-2,4-5,7,12-13H2. The van der Waals surface area contributed by atoms with E-state index in [4.69, 9.17) is 14.6 Å². The summed E-state index contributed by atoms with van der Waals surface area (Å²) < 4.78 is 24.4. The third-order valence-electron chi connectivity index (χ3n) is 3.35. The highest BCUT2D eigenvalue weighted by molar-refractivity contribution is 5.22. The maximum absolute atomic E-state index is 12.8. The summed E-state index contributed by atoms with van der Waals surface area (Å²) in [5.41, 5.74) is 0. The first-order valence-electron chi connectivity index (χ1n) is 7.41. The van der Waals surface area contributed by atoms with Crippen molar-refractivity contribution in [2.45, 2.75) is 44.3 Å². The molecule has 1 heterocycles. The summed E-state index contributed by atoms with van der Waals surface area (Å²) in [5, 5.41) is 8.74. The van der Waals surface area contributed by atoms with Crippen molar-refractivity contribution in [1.82, 2.24) is 0 Å².